The van der Waals surface area contributed by atoms with Crippen molar-refractivity contribution in [2.75, 3.05) is 0 Å². The highest BCUT2D eigenvalue weighted by atomic mass is 32.1. The summed E-state index contributed by atoms with van der Waals surface area (Å²) >= 11 is 1.86. The molecule has 7 aromatic carbocycles. The molecule has 0 amide bonds. The molecule has 3 aromatic heterocycles. The Morgan fingerprint density at radius 1 is 0.479 bits per heavy atom. The lowest BCUT2D eigenvalue weighted by atomic mass is 9.82. The second-order valence-corrected chi connectivity index (χ2v) is 14.8. The van der Waals surface area contributed by atoms with Crippen molar-refractivity contribution >= 4 is 75.3 Å². The van der Waals surface area contributed by atoms with Crippen molar-refractivity contribution in [3.05, 3.63) is 151 Å². The molecule has 226 valence electrons. The number of benzene rings is 7. The highest BCUT2D eigenvalue weighted by molar-refractivity contribution is 7.25. The first-order valence-electron chi connectivity index (χ1n) is 16.6. The zero-order chi connectivity index (χ0) is 31.7. The minimum Gasteiger partial charge on any atom is -0.456 e. The van der Waals surface area contributed by atoms with Crippen LogP contribution in [0.1, 0.15) is 25.0 Å². The summed E-state index contributed by atoms with van der Waals surface area (Å²) in [5.41, 5.74) is 13.3. The molecule has 0 radical (unpaired) electrons. The number of furan rings is 1. The van der Waals surface area contributed by atoms with Crippen LogP contribution < -0.4 is 0 Å². The third kappa shape index (κ3) is 3.36. The van der Waals surface area contributed by atoms with E-state index >= 15 is 0 Å². The topological polar surface area (TPSA) is 18.1 Å². The van der Waals surface area contributed by atoms with Gasteiger partial charge in [-0.2, -0.15) is 0 Å². The first kappa shape index (κ1) is 26.4. The molecule has 0 saturated carbocycles. The van der Waals surface area contributed by atoms with Gasteiger partial charge in [0.25, 0.3) is 0 Å². The van der Waals surface area contributed by atoms with Crippen molar-refractivity contribution in [3.8, 4) is 27.9 Å². The Kier molecular flexibility index (Phi) is 5.09. The van der Waals surface area contributed by atoms with E-state index in [1.165, 1.54) is 75.4 Å². The van der Waals surface area contributed by atoms with Gasteiger partial charge in [0.15, 0.2) is 0 Å². The van der Waals surface area contributed by atoms with Gasteiger partial charge in [0.05, 0.1) is 11.0 Å². The molecule has 2 nitrogen and oxygen atoms in total. The summed E-state index contributed by atoms with van der Waals surface area (Å²) in [5.74, 6) is 0. The van der Waals surface area contributed by atoms with Crippen LogP contribution in [0.4, 0.5) is 0 Å². The molecule has 3 heteroatoms. The Morgan fingerprint density at radius 3 is 2.12 bits per heavy atom. The number of hydrogen-bond acceptors (Lipinski definition) is 2. The molecule has 11 rings (SSSR count). The Morgan fingerprint density at radius 2 is 1.21 bits per heavy atom. The largest absolute Gasteiger partial charge is 0.456 e. The fraction of sp³-hybridized carbons (Fsp3) is 0.0667. The maximum absolute atomic E-state index is 6.56. The molecule has 0 atom stereocenters. The third-order valence-corrected chi connectivity index (χ3v) is 11.9. The van der Waals surface area contributed by atoms with Gasteiger partial charge in [-0.3, -0.25) is 0 Å². The van der Waals surface area contributed by atoms with E-state index in [-0.39, 0.29) is 5.41 Å². The molecule has 0 aliphatic heterocycles. The van der Waals surface area contributed by atoms with Gasteiger partial charge >= 0.3 is 0 Å². The predicted molar refractivity (Wildman–Crippen MR) is 204 cm³/mol. The summed E-state index contributed by atoms with van der Waals surface area (Å²) in [5, 5.41) is 7.47. The van der Waals surface area contributed by atoms with Crippen molar-refractivity contribution in [2.24, 2.45) is 0 Å². The van der Waals surface area contributed by atoms with Gasteiger partial charge < -0.3 is 8.98 Å². The minimum atomic E-state index is -0.0755. The van der Waals surface area contributed by atoms with Gasteiger partial charge in [0.2, 0.25) is 0 Å². The summed E-state index contributed by atoms with van der Waals surface area (Å²) in [6.45, 7) is 4.72. The van der Waals surface area contributed by atoms with Gasteiger partial charge in [-0.1, -0.05) is 98.8 Å². The average molecular weight is 632 g/mol. The molecular formula is C45H29NOS. The Balaban J connectivity index is 1.20. The smallest absolute Gasteiger partial charge is 0.136 e. The second-order valence-electron chi connectivity index (χ2n) is 13.7. The molecule has 1 aliphatic carbocycles. The number of para-hydroxylation sites is 1. The van der Waals surface area contributed by atoms with Crippen LogP contribution in [0.2, 0.25) is 0 Å². The summed E-state index contributed by atoms with van der Waals surface area (Å²) < 4.78 is 11.6. The first-order chi connectivity index (χ1) is 23.6. The number of nitrogens with zero attached hydrogens (tertiary/aromatic N) is 1. The Hall–Kier alpha value is -5.64. The minimum absolute atomic E-state index is 0.0755. The fourth-order valence-electron chi connectivity index (χ4n) is 8.62. The maximum atomic E-state index is 6.56. The molecule has 48 heavy (non-hydrogen) atoms. The summed E-state index contributed by atoms with van der Waals surface area (Å²) in [6.07, 6.45) is 0. The van der Waals surface area contributed by atoms with Crippen LogP contribution in [0.3, 0.4) is 0 Å². The highest BCUT2D eigenvalue weighted by Gasteiger charge is 2.36. The van der Waals surface area contributed by atoms with E-state index in [0.29, 0.717) is 0 Å². The molecule has 3 heterocycles. The molecule has 0 spiro atoms. The van der Waals surface area contributed by atoms with Crippen molar-refractivity contribution in [3.63, 3.8) is 0 Å². The Labute approximate surface area is 281 Å². The second kappa shape index (κ2) is 9.25. The van der Waals surface area contributed by atoms with Crippen LogP contribution in [-0.4, -0.2) is 4.57 Å². The number of aromatic nitrogens is 1. The number of fused-ring (bicyclic) bond motifs is 12. The molecule has 0 saturated heterocycles. The molecular weight excluding hydrogens is 603 g/mol. The fourth-order valence-corrected chi connectivity index (χ4v) is 9.75. The standard InChI is InChI=1S/C45H29NOS/c1-45(2)35-16-6-3-11-27(35)32-24-33-28-12-4-7-17-37(28)46(38(33)25-36(32)45)26-21-22-39-34(23-26)43-29(14-9-18-40(43)47-39)30-15-10-20-42-44(30)31-13-5-8-19-41(31)48-42/h3-25H,1-2H3. The van der Waals surface area contributed by atoms with Gasteiger partial charge in [-0.05, 0) is 88.0 Å². The number of hydrogen-bond donors (Lipinski definition) is 0. The van der Waals surface area contributed by atoms with Crippen LogP contribution >= 0.6 is 11.3 Å². The monoisotopic (exact) mass is 631 g/mol. The van der Waals surface area contributed by atoms with Crippen LogP contribution in [0.15, 0.2) is 144 Å². The van der Waals surface area contributed by atoms with Gasteiger partial charge in [0, 0.05) is 52.8 Å². The Bertz CT molecular complexity index is 2990. The third-order valence-electron chi connectivity index (χ3n) is 10.8. The number of thiophene rings is 1. The zero-order valence-electron chi connectivity index (χ0n) is 26.5. The lowest BCUT2D eigenvalue weighted by molar-refractivity contribution is 0.661. The molecule has 0 unspecified atom stereocenters. The van der Waals surface area contributed by atoms with Crippen molar-refractivity contribution in [2.45, 2.75) is 19.3 Å². The summed E-state index contributed by atoms with van der Waals surface area (Å²) in [7, 11) is 0. The average Bonchev–Trinajstić information content (AvgIpc) is 3.84. The molecule has 0 fully saturated rings. The lowest BCUT2D eigenvalue weighted by Gasteiger charge is -2.21. The first-order valence-corrected chi connectivity index (χ1v) is 17.4. The predicted octanol–water partition coefficient (Wildman–Crippen LogP) is 13.0. The zero-order valence-corrected chi connectivity index (χ0v) is 27.4. The van der Waals surface area contributed by atoms with E-state index in [1.54, 1.807) is 0 Å². The molecule has 0 N–H and O–H groups in total. The van der Waals surface area contributed by atoms with Gasteiger partial charge in [0.1, 0.15) is 11.2 Å². The van der Waals surface area contributed by atoms with E-state index in [4.69, 9.17) is 4.42 Å². The molecule has 10 aromatic rings. The lowest BCUT2D eigenvalue weighted by Crippen LogP contribution is -2.14. The maximum Gasteiger partial charge on any atom is 0.136 e. The van der Waals surface area contributed by atoms with E-state index in [0.717, 1.165) is 27.6 Å². The van der Waals surface area contributed by atoms with Crippen LogP contribution in [0.25, 0.3) is 91.9 Å². The van der Waals surface area contributed by atoms with E-state index in [1.807, 2.05) is 11.3 Å². The number of rotatable bonds is 2. The van der Waals surface area contributed by atoms with Gasteiger partial charge in [-0.15, -0.1) is 11.3 Å². The molecule has 1 aliphatic rings. The molecule has 0 bridgehead atoms. The highest BCUT2D eigenvalue weighted by Crippen LogP contribution is 2.51. The van der Waals surface area contributed by atoms with E-state index < -0.39 is 0 Å². The SMILES string of the molecule is CC1(C)c2ccccc2-c2cc3c4ccccc4n(-c4ccc5oc6cccc(-c7cccc8sc9ccccc9c78)c6c5c4)c3cc21. The van der Waals surface area contributed by atoms with Crippen molar-refractivity contribution in [1.82, 2.24) is 4.57 Å². The van der Waals surface area contributed by atoms with Gasteiger partial charge in [-0.25, -0.2) is 0 Å². The van der Waals surface area contributed by atoms with Crippen molar-refractivity contribution < 1.29 is 4.42 Å². The van der Waals surface area contributed by atoms with Crippen molar-refractivity contribution in [1.29, 1.82) is 0 Å². The summed E-state index contributed by atoms with van der Waals surface area (Å²) in [4.78, 5) is 0. The van der Waals surface area contributed by atoms with E-state index in [9.17, 15) is 0 Å². The summed E-state index contributed by atoms with van der Waals surface area (Å²) in [6, 6.07) is 51.3. The quantitative estimate of drug-likeness (QED) is 0.186. The normalized spacial score (nSPS) is 13.8. The van der Waals surface area contributed by atoms with Crippen LogP contribution in [0.5, 0.6) is 0 Å². The van der Waals surface area contributed by atoms with Crippen LogP contribution in [-0.2, 0) is 5.41 Å². The van der Waals surface area contributed by atoms with Crippen LogP contribution in [0, 0.1) is 0 Å². The van der Waals surface area contributed by atoms with E-state index in [2.05, 4.69) is 158 Å².